The molecule has 0 amide bonds. The molecule has 0 aromatic heterocycles. The van der Waals surface area contributed by atoms with Crippen LogP contribution in [0.2, 0.25) is 0 Å². The largest absolute Gasteiger partial charge is 0.421 e. The molecule has 0 saturated heterocycles. The molecule has 15 heavy (non-hydrogen) atoms. The molecule has 0 aliphatic carbocycles. The van der Waals surface area contributed by atoms with E-state index in [0.29, 0.717) is 5.56 Å². The Morgan fingerprint density at radius 2 is 1.67 bits per heavy atom. The summed E-state index contributed by atoms with van der Waals surface area (Å²) in [5.74, 6) is 0. The van der Waals surface area contributed by atoms with Gasteiger partial charge in [0.25, 0.3) is 0 Å². The van der Waals surface area contributed by atoms with Crippen LogP contribution < -0.4 is 0 Å². The lowest BCUT2D eigenvalue weighted by Crippen LogP contribution is -2.39. The molecule has 1 N–H and O–H groups in total. The summed E-state index contributed by atoms with van der Waals surface area (Å²) < 4.78 is 37.7. The molecule has 0 spiro atoms. The van der Waals surface area contributed by atoms with E-state index in [4.69, 9.17) is 0 Å². The minimum absolute atomic E-state index is 0.0880. The summed E-state index contributed by atoms with van der Waals surface area (Å²) in [6.45, 7) is 4.06. The fourth-order valence-electron chi connectivity index (χ4n) is 1.43. The average Bonchev–Trinajstić information content (AvgIpc) is 2.07. The third-order valence-electron chi connectivity index (χ3n) is 2.68. The molecule has 1 rings (SSSR count). The van der Waals surface area contributed by atoms with E-state index in [1.165, 1.54) is 12.1 Å². The lowest BCUT2D eigenvalue weighted by atomic mass is 9.89. The summed E-state index contributed by atoms with van der Waals surface area (Å²) in [6.07, 6.45) is -4.66. The first-order chi connectivity index (χ1) is 6.68. The first-order valence-corrected chi connectivity index (χ1v) is 4.53. The molecule has 0 bridgehead atoms. The van der Waals surface area contributed by atoms with Crippen LogP contribution in [0.4, 0.5) is 13.2 Å². The smallest absolute Gasteiger partial charge is 0.376 e. The van der Waals surface area contributed by atoms with Gasteiger partial charge in [-0.2, -0.15) is 13.2 Å². The molecule has 0 fully saturated rings. The van der Waals surface area contributed by atoms with Crippen LogP contribution in [-0.2, 0) is 5.60 Å². The molecule has 0 heterocycles. The second-order valence-corrected chi connectivity index (χ2v) is 3.82. The number of alkyl halides is 3. The third kappa shape index (κ3) is 2.00. The van der Waals surface area contributed by atoms with Crippen molar-refractivity contribution in [2.75, 3.05) is 0 Å². The van der Waals surface area contributed by atoms with Crippen LogP contribution in [0.1, 0.15) is 23.6 Å². The molecule has 0 aliphatic heterocycles. The van der Waals surface area contributed by atoms with Gasteiger partial charge in [-0.25, -0.2) is 0 Å². The SMILES string of the molecule is Cc1cccc(C(C)(O)C(F)(F)F)c1C. The van der Waals surface area contributed by atoms with Crippen LogP contribution in [-0.4, -0.2) is 11.3 Å². The Hall–Kier alpha value is -1.03. The Morgan fingerprint density at radius 1 is 1.13 bits per heavy atom. The number of aryl methyl sites for hydroxylation is 1. The average molecular weight is 218 g/mol. The van der Waals surface area contributed by atoms with Gasteiger partial charge in [0.2, 0.25) is 0 Å². The summed E-state index contributed by atoms with van der Waals surface area (Å²) in [7, 11) is 0. The second-order valence-electron chi connectivity index (χ2n) is 3.82. The summed E-state index contributed by atoms with van der Waals surface area (Å²) in [5, 5.41) is 9.50. The van der Waals surface area contributed by atoms with Gasteiger partial charge in [0, 0.05) is 0 Å². The van der Waals surface area contributed by atoms with Crippen molar-refractivity contribution in [3.63, 3.8) is 0 Å². The molecule has 1 unspecified atom stereocenters. The maximum atomic E-state index is 12.6. The molecule has 1 aromatic carbocycles. The van der Waals surface area contributed by atoms with E-state index in [1.807, 2.05) is 0 Å². The molecule has 1 nitrogen and oxygen atoms in total. The standard InChI is InChI=1S/C11H13F3O/c1-7-5-4-6-9(8(7)2)10(3,15)11(12,13)14/h4-6,15H,1-3H3. The van der Waals surface area contributed by atoms with Gasteiger partial charge in [0.05, 0.1) is 0 Å². The van der Waals surface area contributed by atoms with Crippen molar-refractivity contribution in [3.05, 3.63) is 34.9 Å². The first kappa shape index (κ1) is 12.0. The number of benzene rings is 1. The third-order valence-corrected chi connectivity index (χ3v) is 2.68. The Kier molecular flexibility index (Phi) is 2.83. The number of hydrogen-bond donors (Lipinski definition) is 1. The number of aliphatic hydroxyl groups is 1. The quantitative estimate of drug-likeness (QED) is 0.768. The lowest BCUT2D eigenvalue weighted by Gasteiger charge is -2.28. The monoisotopic (exact) mass is 218 g/mol. The van der Waals surface area contributed by atoms with Crippen molar-refractivity contribution in [1.29, 1.82) is 0 Å². The van der Waals surface area contributed by atoms with Crippen LogP contribution >= 0.6 is 0 Å². The molecule has 4 heteroatoms. The van der Waals surface area contributed by atoms with Gasteiger partial charge >= 0.3 is 6.18 Å². The van der Waals surface area contributed by atoms with E-state index in [-0.39, 0.29) is 5.56 Å². The van der Waals surface area contributed by atoms with E-state index in [2.05, 4.69) is 0 Å². The van der Waals surface area contributed by atoms with Crippen molar-refractivity contribution in [2.24, 2.45) is 0 Å². The minimum Gasteiger partial charge on any atom is -0.376 e. The zero-order valence-electron chi connectivity index (χ0n) is 8.81. The fraction of sp³-hybridized carbons (Fsp3) is 0.455. The highest BCUT2D eigenvalue weighted by atomic mass is 19.4. The summed E-state index contributed by atoms with van der Waals surface area (Å²) in [6, 6.07) is 4.53. The van der Waals surface area contributed by atoms with Gasteiger partial charge in [-0.1, -0.05) is 18.2 Å². The van der Waals surface area contributed by atoms with Crippen LogP contribution in [0.3, 0.4) is 0 Å². The van der Waals surface area contributed by atoms with Gasteiger partial charge in [-0.05, 0) is 37.5 Å². The van der Waals surface area contributed by atoms with Gasteiger partial charge < -0.3 is 5.11 Å². The van der Waals surface area contributed by atoms with Gasteiger partial charge in [0.1, 0.15) is 0 Å². The van der Waals surface area contributed by atoms with Crippen molar-refractivity contribution in [2.45, 2.75) is 32.5 Å². The van der Waals surface area contributed by atoms with Crippen LogP contribution in [0.25, 0.3) is 0 Å². The van der Waals surface area contributed by atoms with Crippen molar-refractivity contribution >= 4 is 0 Å². The van der Waals surface area contributed by atoms with E-state index in [9.17, 15) is 18.3 Å². The molecule has 84 valence electrons. The minimum atomic E-state index is -4.66. The summed E-state index contributed by atoms with van der Waals surface area (Å²) in [5.41, 5.74) is -1.67. The Balaban J connectivity index is 3.34. The van der Waals surface area contributed by atoms with Gasteiger partial charge in [-0.15, -0.1) is 0 Å². The number of hydrogen-bond acceptors (Lipinski definition) is 1. The Morgan fingerprint density at radius 3 is 2.13 bits per heavy atom. The van der Waals surface area contributed by atoms with Gasteiger partial charge in [0.15, 0.2) is 5.60 Å². The zero-order valence-corrected chi connectivity index (χ0v) is 8.81. The molecule has 0 saturated carbocycles. The van der Waals surface area contributed by atoms with E-state index >= 15 is 0 Å². The lowest BCUT2D eigenvalue weighted by molar-refractivity contribution is -0.259. The highest BCUT2D eigenvalue weighted by Crippen LogP contribution is 2.40. The predicted molar refractivity (Wildman–Crippen MR) is 51.5 cm³/mol. The van der Waals surface area contributed by atoms with Crippen LogP contribution in [0.15, 0.2) is 18.2 Å². The van der Waals surface area contributed by atoms with Crippen molar-refractivity contribution in [1.82, 2.24) is 0 Å². The van der Waals surface area contributed by atoms with Crippen molar-refractivity contribution in [3.8, 4) is 0 Å². The van der Waals surface area contributed by atoms with Crippen molar-refractivity contribution < 1.29 is 18.3 Å². The normalized spacial score (nSPS) is 16.2. The predicted octanol–water partition coefficient (Wildman–Crippen LogP) is 3.07. The molecule has 0 aliphatic rings. The molecule has 1 atom stereocenters. The maximum absolute atomic E-state index is 12.6. The zero-order chi connectivity index (χ0) is 11.9. The highest BCUT2D eigenvalue weighted by molar-refractivity contribution is 5.37. The highest BCUT2D eigenvalue weighted by Gasteiger charge is 2.51. The fourth-order valence-corrected chi connectivity index (χ4v) is 1.43. The maximum Gasteiger partial charge on any atom is 0.421 e. The topological polar surface area (TPSA) is 20.2 Å². The number of halogens is 3. The van der Waals surface area contributed by atoms with E-state index < -0.39 is 11.8 Å². The van der Waals surface area contributed by atoms with Gasteiger partial charge in [-0.3, -0.25) is 0 Å². The van der Waals surface area contributed by atoms with E-state index in [0.717, 1.165) is 12.5 Å². The summed E-state index contributed by atoms with van der Waals surface area (Å²) >= 11 is 0. The molecular weight excluding hydrogens is 205 g/mol. The summed E-state index contributed by atoms with van der Waals surface area (Å²) in [4.78, 5) is 0. The van der Waals surface area contributed by atoms with E-state index in [1.54, 1.807) is 19.9 Å². The Bertz CT molecular complexity index is 367. The molecule has 0 radical (unpaired) electrons. The first-order valence-electron chi connectivity index (χ1n) is 4.53. The number of rotatable bonds is 1. The van der Waals surface area contributed by atoms with Crippen LogP contribution in [0.5, 0.6) is 0 Å². The molecule has 1 aromatic rings. The second kappa shape index (κ2) is 3.52. The van der Waals surface area contributed by atoms with Crippen LogP contribution in [0, 0.1) is 13.8 Å². The Labute approximate surface area is 86.5 Å². The molecular formula is C11H13F3O.